The Morgan fingerprint density at radius 2 is 2.40 bits per heavy atom. The lowest BCUT2D eigenvalue weighted by Crippen LogP contribution is -2.23. The molecule has 0 aromatic rings. The number of hydrogen-bond donors (Lipinski definition) is 2. The largest absolute Gasteiger partial charge is 0.378 e. The topological polar surface area (TPSA) is 41.5 Å². The Morgan fingerprint density at radius 1 is 1.50 bits per heavy atom. The van der Waals surface area contributed by atoms with Gasteiger partial charge in [-0.05, 0) is 25.7 Å². The second kappa shape index (κ2) is 4.66. The fraction of sp³-hybridized carbons (Fsp3) is 1.00. The van der Waals surface area contributed by atoms with Crippen LogP contribution in [0.25, 0.3) is 0 Å². The van der Waals surface area contributed by atoms with Gasteiger partial charge < -0.3 is 9.94 Å². The molecule has 1 aliphatic heterocycles. The van der Waals surface area contributed by atoms with Crippen LogP contribution < -0.4 is 5.48 Å². The van der Waals surface area contributed by atoms with Crippen molar-refractivity contribution in [2.75, 3.05) is 13.2 Å². The molecule has 1 aliphatic rings. The highest BCUT2D eigenvalue weighted by atomic mass is 16.5. The van der Waals surface area contributed by atoms with Crippen molar-refractivity contribution in [1.82, 2.24) is 5.48 Å². The Hall–Kier alpha value is -0.120. The van der Waals surface area contributed by atoms with Crippen molar-refractivity contribution in [2.24, 2.45) is 0 Å². The molecule has 0 aliphatic carbocycles. The molecule has 1 unspecified atom stereocenters. The van der Waals surface area contributed by atoms with E-state index in [2.05, 4.69) is 5.48 Å². The van der Waals surface area contributed by atoms with Gasteiger partial charge in [-0.2, -0.15) is 0 Å². The molecular weight excluding hydrogens is 130 g/mol. The van der Waals surface area contributed by atoms with Crippen LogP contribution in [-0.2, 0) is 4.74 Å². The van der Waals surface area contributed by atoms with Crippen molar-refractivity contribution in [3.05, 3.63) is 0 Å². The molecular formula is C7H15NO2. The second-order valence-corrected chi connectivity index (χ2v) is 2.69. The standard InChI is InChI=1S/C7H15NO2/c9-8-5-4-7-3-1-2-6-10-7/h7-9H,1-6H2. The van der Waals surface area contributed by atoms with Gasteiger partial charge in [-0.15, -0.1) is 0 Å². The highest BCUT2D eigenvalue weighted by Gasteiger charge is 2.12. The summed E-state index contributed by atoms with van der Waals surface area (Å²) in [5, 5.41) is 8.29. The van der Waals surface area contributed by atoms with Crippen LogP contribution in [0.2, 0.25) is 0 Å². The third-order valence-corrected chi connectivity index (χ3v) is 1.85. The van der Waals surface area contributed by atoms with Gasteiger partial charge in [-0.3, -0.25) is 0 Å². The lowest BCUT2D eigenvalue weighted by Gasteiger charge is -2.21. The normalized spacial score (nSPS) is 26.7. The first-order chi connectivity index (χ1) is 4.93. The van der Waals surface area contributed by atoms with Gasteiger partial charge in [0.1, 0.15) is 0 Å². The number of ether oxygens (including phenoxy) is 1. The average Bonchev–Trinajstić information content (AvgIpc) is 2.03. The number of hydroxylamine groups is 1. The van der Waals surface area contributed by atoms with Gasteiger partial charge in [0.15, 0.2) is 0 Å². The van der Waals surface area contributed by atoms with Gasteiger partial charge >= 0.3 is 0 Å². The van der Waals surface area contributed by atoms with Crippen LogP contribution in [0.15, 0.2) is 0 Å². The third-order valence-electron chi connectivity index (χ3n) is 1.85. The minimum Gasteiger partial charge on any atom is -0.378 e. The maximum absolute atomic E-state index is 8.29. The van der Waals surface area contributed by atoms with Crippen LogP contribution in [0.4, 0.5) is 0 Å². The Kier molecular flexibility index (Phi) is 3.72. The van der Waals surface area contributed by atoms with E-state index in [1.807, 2.05) is 0 Å². The molecule has 1 heterocycles. The summed E-state index contributed by atoms with van der Waals surface area (Å²) in [5.74, 6) is 0. The van der Waals surface area contributed by atoms with E-state index < -0.39 is 0 Å². The van der Waals surface area contributed by atoms with Crippen LogP contribution in [0.5, 0.6) is 0 Å². The summed E-state index contributed by atoms with van der Waals surface area (Å²) in [4.78, 5) is 0. The Labute approximate surface area is 61.3 Å². The van der Waals surface area contributed by atoms with Crippen molar-refractivity contribution < 1.29 is 9.94 Å². The summed E-state index contributed by atoms with van der Waals surface area (Å²) >= 11 is 0. The van der Waals surface area contributed by atoms with E-state index in [1.54, 1.807) is 0 Å². The van der Waals surface area contributed by atoms with E-state index in [0.717, 1.165) is 19.4 Å². The predicted molar refractivity (Wildman–Crippen MR) is 38.0 cm³/mol. The van der Waals surface area contributed by atoms with Gasteiger partial charge in [0.05, 0.1) is 6.10 Å². The number of nitrogens with one attached hydrogen (secondary N) is 1. The van der Waals surface area contributed by atoms with E-state index in [0.29, 0.717) is 12.6 Å². The first kappa shape index (κ1) is 7.98. The molecule has 0 aromatic carbocycles. The maximum Gasteiger partial charge on any atom is 0.0588 e. The Morgan fingerprint density at radius 3 is 3.00 bits per heavy atom. The zero-order chi connectivity index (χ0) is 7.23. The molecule has 1 rings (SSSR count). The van der Waals surface area contributed by atoms with Crippen LogP contribution in [0.1, 0.15) is 25.7 Å². The Bertz CT molecular complexity index is 81.7. The lowest BCUT2D eigenvalue weighted by molar-refractivity contribution is 0.00530. The molecule has 1 fully saturated rings. The smallest absolute Gasteiger partial charge is 0.0588 e. The monoisotopic (exact) mass is 145 g/mol. The minimum atomic E-state index is 0.383. The van der Waals surface area contributed by atoms with Crippen molar-refractivity contribution in [1.29, 1.82) is 0 Å². The first-order valence-corrected chi connectivity index (χ1v) is 3.92. The molecule has 0 amide bonds. The van der Waals surface area contributed by atoms with Crippen molar-refractivity contribution in [3.8, 4) is 0 Å². The minimum absolute atomic E-state index is 0.383. The molecule has 0 aromatic heterocycles. The first-order valence-electron chi connectivity index (χ1n) is 3.92. The van der Waals surface area contributed by atoms with Crippen LogP contribution in [0, 0.1) is 0 Å². The van der Waals surface area contributed by atoms with Crippen LogP contribution in [0.3, 0.4) is 0 Å². The van der Waals surface area contributed by atoms with Gasteiger partial charge in [0.2, 0.25) is 0 Å². The highest BCUT2D eigenvalue weighted by Crippen LogP contribution is 2.14. The molecule has 1 saturated heterocycles. The highest BCUT2D eigenvalue weighted by molar-refractivity contribution is 4.63. The van der Waals surface area contributed by atoms with Gasteiger partial charge in [0, 0.05) is 13.2 Å². The average molecular weight is 145 g/mol. The third kappa shape index (κ3) is 2.64. The summed E-state index contributed by atoms with van der Waals surface area (Å²) in [5.41, 5.74) is 2.13. The number of rotatable bonds is 3. The Balaban J connectivity index is 2.02. The summed E-state index contributed by atoms with van der Waals surface area (Å²) in [6.45, 7) is 1.54. The molecule has 3 nitrogen and oxygen atoms in total. The molecule has 0 spiro atoms. The SMILES string of the molecule is ONCCC1CCCCO1. The van der Waals surface area contributed by atoms with E-state index in [4.69, 9.17) is 9.94 Å². The predicted octanol–water partition coefficient (Wildman–Crippen LogP) is 0.924. The maximum atomic E-state index is 8.29. The molecule has 1 atom stereocenters. The quantitative estimate of drug-likeness (QED) is 0.580. The zero-order valence-electron chi connectivity index (χ0n) is 6.18. The van der Waals surface area contributed by atoms with Gasteiger partial charge in [0.25, 0.3) is 0 Å². The molecule has 0 bridgehead atoms. The fourth-order valence-electron chi connectivity index (χ4n) is 1.26. The molecule has 0 radical (unpaired) electrons. The fourth-order valence-corrected chi connectivity index (χ4v) is 1.26. The second-order valence-electron chi connectivity index (χ2n) is 2.69. The zero-order valence-corrected chi connectivity index (χ0v) is 6.18. The molecule has 10 heavy (non-hydrogen) atoms. The summed E-state index contributed by atoms with van der Waals surface area (Å²) < 4.78 is 5.43. The molecule has 3 heteroatoms. The van der Waals surface area contributed by atoms with E-state index in [1.165, 1.54) is 12.8 Å². The lowest BCUT2D eigenvalue weighted by atomic mass is 10.1. The van der Waals surface area contributed by atoms with E-state index in [9.17, 15) is 0 Å². The molecule has 2 N–H and O–H groups in total. The number of hydrogen-bond acceptors (Lipinski definition) is 3. The van der Waals surface area contributed by atoms with Crippen molar-refractivity contribution in [3.63, 3.8) is 0 Å². The van der Waals surface area contributed by atoms with Crippen LogP contribution in [-0.4, -0.2) is 24.5 Å². The van der Waals surface area contributed by atoms with E-state index >= 15 is 0 Å². The van der Waals surface area contributed by atoms with Gasteiger partial charge in [-0.25, -0.2) is 5.48 Å². The van der Waals surface area contributed by atoms with E-state index in [-0.39, 0.29) is 0 Å². The molecule has 0 saturated carbocycles. The van der Waals surface area contributed by atoms with Crippen molar-refractivity contribution in [2.45, 2.75) is 31.8 Å². The summed E-state index contributed by atoms with van der Waals surface area (Å²) in [7, 11) is 0. The molecule has 60 valence electrons. The summed E-state index contributed by atoms with van der Waals surface area (Å²) in [6.07, 6.45) is 4.94. The van der Waals surface area contributed by atoms with Gasteiger partial charge in [-0.1, -0.05) is 0 Å². The van der Waals surface area contributed by atoms with Crippen molar-refractivity contribution >= 4 is 0 Å². The summed E-state index contributed by atoms with van der Waals surface area (Å²) in [6, 6.07) is 0. The van der Waals surface area contributed by atoms with Crippen LogP contribution >= 0.6 is 0 Å².